The summed E-state index contributed by atoms with van der Waals surface area (Å²) in [4.78, 5) is 0. The van der Waals surface area contributed by atoms with E-state index in [1.54, 1.807) is 6.92 Å². The van der Waals surface area contributed by atoms with Crippen LogP contribution in [0.2, 0.25) is 0 Å². The second-order valence-corrected chi connectivity index (χ2v) is 4.73. The van der Waals surface area contributed by atoms with Crippen molar-refractivity contribution in [2.24, 2.45) is 0 Å². The van der Waals surface area contributed by atoms with Crippen LogP contribution < -0.4 is 14.8 Å². The third-order valence-corrected chi connectivity index (χ3v) is 3.23. The first-order valence-electron chi connectivity index (χ1n) is 4.61. The number of nitrogens with one attached hydrogen (secondary N) is 3. The lowest BCUT2D eigenvalue weighted by Gasteiger charge is -2.11. The Morgan fingerprint density at radius 1 is 1.43 bits per heavy atom. The van der Waals surface area contributed by atoms with Gasteiger partial charge < -0.3 is 5.32 Å². The topological polar surface area (TPSA) is 70.2 Å². The molecule has 7 heteroatoms. The Morgan fingerprint density at radius 3 is 2.64 bits per heavy atom. The molecule has 1 fully saturated rings. The zero-order valence-electron chi connectivity index (χ0n) is 8.25. The average molecular weight is 244 g/mol. The minimum atomic E-state index is -3.26. The van der Waals surface area contributed by atoms with Crippen molar-refractivity contribution in [1.82, 2.24) is 14.8 Å². The fourth-order valence-corrected chi connectivity index (χ4v) is 2.28. The highest BCUT2D eigenvalue weighted by Crippen LogP contribution is 2.03. The normalized spacial score (nSPS) is 21.9. The van der Waals surface area contributed by atoms with Gasteiger partial charge in [-0.05, 0) is 19.4 Å². The van der Waals surface area contributed by atoms with Crippen molar-refractivity contribution in [3.05, 3.63) is 0 Å². The number of rotatable bonds is 5. The van der Waals surface area contributed by atoms with Crippen molar-refractivity contribution in [3.8, 4) is 0 Å². The summed E-state index contributed by atoms with van der Waals surface area (Å²) in [6.45, 7) is 3.66. The summed E-state index contributed by atoms with van der Waals surface area (Å²) in [7, 11) is -3.26. The van der Waals surface area contributed by atoms with Gasteiger partial charge in [0.15, 0.2) is 0 Å². The Kier molecular flexibility index (Phi) is 6.63. The molecule has 0 aromatic carbocycles. The van der Waals surface area contributed by atoms with Crippen LogP contribution in [0.4, 0.5) is 0 Å². The highest BCUT2D eigenvalue weighted by molar-refractivity contribution is 7.87. The highest BCUT2D eigenvalue weighted by Gasteiger charge is 2.16. The Balaban J connectivity index is 0.00000169. The van der Waals surface area contributed by atoms with Gasteiger partial charge >= 0.3 is 0 Å². The molecule has 0 aromatic rings. The Bertz CT molecular complexity index is 239. The smallest absolute Gasteiger partial charge is 0.276 e. The van der Waals surface area contributed by atoms with E-state index < -0.39 is 10.2 Å². The molecule has 1 atom stereocenters. The molecular weight excluding hydrogens is 226 g/mol. The maximum atomic E-state index is 11.1. The maximum Gasteiger partial charge on any atom is 0.276 e. The first kappa shape index (κ1) is 14.1. The Morgan fingerprint density at radius 2 is 2.14 bits per heavy atom. The van der Waals surface area contributed by atoms with Crippen molar-refractivity contribution in [2.75, 3.05) is 19.6 Å². The highest BCUT2D eigenvalue weighted by atomic mass is 35.5. The quantitative estimate of drug-likeness (QED) is 0.616. The largest absolute Gasteiger partial charge is 0.313 e. The molecule has 0 saturated carbocycles. The maximum absolute atomic E-state index is 11.1. The summed E-state index contributed by atoms with van der Waals surface area (Å²) in [5.41, 5.74) is 0. The Hall–Kier alpha value is 0.120. The molecule has 1 rings (SSSR count). The zero-order valence-corrected chi connectivity index (χ0v) is 9.88. The number of hydrogen-bond donors (Lipinski definition) is 3. The van der Waals surface area contributed by atoms with Gasteiger partial charge in [-0.25, -0.2) is 9.44 Å². The lowest BCUT2D eigenvalue weighted by Crippen LogP contribution is -2.42. The SMILES string of the molecule is CCNS(=O)(=O)NCC1CCCN1.Cl. The van der Waals surface area contributed by atoms with Crippen molar-refractivity contribution in [2.45, 2.75) is 25.8 Å². The lowest BCUT2D eigenvalue weighted by atomic mass is 10.2. The molecule has 0 bridgehead atoms. The Labute approximate surface area is 91.6 Å². The minimum absolute atomic E-state index is 0. The fourth-order valence-electron chi connectivity index (χ4n) is 1.38. The summed E-state index contributed by atoms with van der Waals surface area (Å²) < 4.78 is 27.2. The van der Waals surface area contributed by atoms with E-state index in [1.807, 2.05) is 0 Å². The van der Waals surface area contributed by atoms with E-state index in [-0.39, 0.29) is 12.4 Å². The van der Waals surface area contributed by atoms with E-state index >= 15 is 0 Å². The second kappa shape index (κ2) is 6.58. The van der Waals surface area contributed by atoms with E-state index in [0.29, 0.717) is 19.1 Å². The van der Waals surface area contributed by atoms with E-state index in [0.717, 1.165) is 19.4 Å². The van der Waals surface area contributed by atoms with Gasteiger partial charge in [0.05, 0.1) is 0 Å². The van der Waals surface area contributed by atoms with Crippen molar-refractivity contribution in [1.29, 1.82) is 0 Å². The van der Waals surface area contributed by atoms with E-state index in [9.17, 15) is 8.42 Å². The van der Waals surface area contributed by atoms with Gasteiger partial charge in [-0.3, -0.25) is 0 Å². The molecule has 3 N–H and O–H groups in total. The number of hydrogen-bond acceptors (Lipinski definition) is 3. The van der Waals surface area contributed by atoms with Gasteiger partial charge in [-0.15, -0.1) is 12.4 Å². The van der Waals surface area contributed by atoms with Crippen LogP contribution in [0.1, 0.15) is 19.8 Å². The standard InChI is InChI=1S/C7H17N3O2S.ClH/c1-2-9-13(11,12)10-6-7-4-3-5-8-7;/h7-10H,2-6H2,1H3;1H. The second-order valence-electron chi connectivity index (χ2n) is 3.14. The molecule has 1 heterocycles. The third kappa shape index (κ3) is 5.11. The summed E-state index contributed by atoms with van der Waals surface area (Å²) in [6, 6.07) is 0.299. The molecular formula is C7H18ClN3O2S. The van der Waals surface area contributed by atoms with E-state index in [1.165, 1.54) is 0 Å². The lowest BCUT2D eigenvalue weighted by molar-refractivity contribution is 0.543. The average Bonchev–Trinajstić information content (AvgIpc) is 2.52. The zero-order chi connectivity index (χ0) is 9.73. The van der Waals surface area contributed by atoms with Crippen molar-refractivity contribution >= 4 is 22.6 Å². The molecule has 1 saturated heterocycles. The predicted molar refractivity (Wildman–Crippen MR) is 58.9 cm³/mol. The van der Waals surface area contributed by atoms with Gasteiger partial charge in [-0.2, -0.15) is 8.42 Å². The van der Waals surface area contributed by atoms with Crippen LogP contribution in [0.3, 0.4) is 0 Å². The molecule has 1 unspecified atom stereocenters. The summed E-state index contributed by atoms with van der Waals surface area (Å²) in [5.74, 6) is 0. The van der Waals surface area contributed by atoms with Crippen LogP contribution >= 0.6 is 12.4 Å². The molecule has 0 spiro atoms. The fraction of sp³-hybridized carbons (Fsp3) is 1.00. The van der Waals surface area contributed by atoms with Gasteiger partial charge in [0, 0.05) is 19.1 Å². The molecule has 14 heavy (non-hydrogen) atoms. The molecule has 0 aliphatic carbocycles. The predicted octanol–water partition coefficient (Wildman–Crippen LogP) is -0.396. The third-order valence-electron chi connectivity index (χ3n) is 2.02. The monoisotopic (exact) mass is 243 g/mol. The number of halogens is 1. The van der Waals surface area contributed by atoms with Crippen LogP contribution in [0, 0.1) is 0 Å². The van der Waals surface area contributed by atoms with Crippen molar-refractivity contribution < 1.29 is 8.42 Å². The molecule has 0 radical (unpaired) electrons. The first-order chi connectivity index (χ1) is 6.14. The van der Waals surface area contributed by atoms with Gasteiger partial charge in [0.2, 0.25) is 0 Å². The molecule has 86 valence electrons. The minimum Gasteiger partial charge on any atom is -0.313 e. The molecule has 5 nitrogen and oxygen atoms in total. The molecule has 0 amide bonds. The summed E-state index contributed by atoms with van der Waals surface area (Å²) >= 11 is 0. The van der Waals surface area contributed by atoms with Gasteiger partial charge in [0.1, 0.15) is 0 Å². The molecule has 1 aliphatic rings. The van der Waals surface area contributed by atoms with Gasteiger partial charge in [-0.1, -0.05) is 6.92 Å². The van der Waals surface area contributed by atoms with Gasteiger partial charge in [0.25, 0.3) is 10.2 Å². The van der Waals surface area contributed by atoms with Crippen LogP contribution in [-0.4, -0.2) is 34.1 Å². The summed E-state index contributed by atoms with van der Waals surface area (Å²) in [5, 5.41) is 3.22. The van der Waals surface area contributed by atoms with Crippen LogP contribution in [0.5, 0.6) is 0 Å². The van der Waals surface area contributed by atoms with Crippen molar-refractivity contribution in [3.63, 3.8) is 0 Å². The molecule has 0 aromatic heterocycles. The summed E-state index contributed by atoms with van der Waals surface area (Å²) in [6.07, 6.45) is 2.18. The van der Waals surface area contributed by atoms with Crippen LogP contribution in [-0.2, 0) is 10.2 Å². The molecule has 1 aliphatic heterocycles. The van der Waals surface area contributed by atoms with Crippen LogP contribution in [0.25, 0.3) is 0 Å². The first-order valence-corrected chi connectivity index (χ1v) is 6.10. The van der Waals surface area contributed by atoms with Crippen LogP contribution in [0.15, 0.2) is 0 Å². The van der Waals surface area contributed by atoms with E-state index in [4.69, 9.17) is 0 Å². The van der Waals surface area contributed by atoms with E-state index in [2.05, 4.69) is 14.8 Å².